The number of carbonyl (C=O) groups excluding carboxylic acids is 1. The molecule has 1 N–H and O–H groups in total. The molecular formula is C19H19N3OS. The first-order chi connectivity index (χ1) is 11.7. The summed E-state index contributed by atoms with van der Waals surface area (Å²) < 4.78 is 0. The number of amides is 1. The molecule has 0 saturated carbocycles. The quantitative estimate of drug-likeness (QED) is 0.779. The number of pyridine rings is 1. The van der Waals surface area contributed by atoms with Gasteiger partial charge in [0.25, 0.3) is 5.91 Å². The minimum absolute atomic E-state index is 0.0970. The fourth-order valence-electron chi connectivity index (χ4n) is 3.19. The molecule has 2 aromatic heterocycles. The van der Waals surface area contributed by atoms with Gasteiger partial charge in [-0.15, -0.1) is 11.3 Å². The third kappa shape index (κ3) is 2.81. The second kappa shape index (κ2) is 6.34. The minimum atomic E-state index is 0.0970. The molecule has 0 aliphatic carbocycles. The first kappa shape index (κ1) is 15.3. The SMILES string of the molecule is CC1CN(C(=O)c2cc(-c3cccs3)nc3ccccc23)CCN1. The van der Waals surface area contributed by atoms with Crippen LogP contribution in [0, 0.1) is 0 Å². The summed E-state index contributed by atoms with van der Waals surface area (Å²) in [6.45, 7) is 4.44. The molecule has 1 saturated heterocycles. The van der Waals surface area contributed by atoms with Crippen molar-refractivity contribution in [1.29, 1.82) is 0 Å². The van der Waals surface area contributed by atoms with E-state index in [4.69, 9.17) is 4.98 Å². The number of nitrogens with zero attached hydrogens (tertiary/aromatic N) is 2. The van der Waals surface area contributed by atoms with Crippen LogP contribution in [0.5, 0.6) is 0 Å². The summed E-state index contributed by atoms with van der Waals surface area (Å²) >= 11 is 1.64. The van der Waals surface area contributed by atoms with Crippen LogP contribution in [0.25, 0.3) is 21.5 Å². The number of carbonyl (C=O) groups is 1. The summed E-state index contributed by atoms with van der Waals surface area (Å²) in [4.78, 5) is 20.9. The van der Waals surface area contributed by atoms with E-state index < -0.39 is 0 Å². The molecule has 4 nitrogen and oxygen atoms in total. The number of aromatic nitrogens is 1. The van der Waals surface area contributed by atoms with Crippen molar-refractivity contribution in [3.8, 4) is 10.6 Å². The molecule has 1 aliphatic heterocycles. The smallest absolute Gasteiger partial charge is 0.254 e. The van der Waals surface area contributed by atoms with E-state index in [1.807, 2.05) is 52.7 Å². The Kier molecular flexibility index (Phi) is 4.04. The van der Waals surface area contributed by atoms with Gasteiger partial charge in [0, 0.05) is 31.1 Å². The van der Waals surface area contributed by atoms with Crippen molar-refractivity contribution in [2.75, 3.05) is 19.6 Å². The number of hydrogen-bond donors (Lipinski definition) is 1. The molecule has 24 heavy (non-hydrogen) atoms. The van der Waals surface area contributed by atoms with Gasteiger partial charge >= 0.3 is 0 Å². The lowest BCUT2D eigenvalue weighted by molar-refractivity contribution is 0.0711. The highest BCUT2D eigenvalue weighted by molar-refractivity contribution is 7.13. The Balaban J connectivity index is 1.82. The molecule has 1 aliphatic rings. The summed E-state index contributed by atoms with van der Waals surface area (Å²) in [5.41, 5.74) is 2.49. The highest BCUT2D eigenvalue weighted by Gasteiger charge is 2.24. The van der Waals surface area contributed by atoms with Crippen LogP contribution in [0.4, 0.5) is 0 Å². The zero-order valence-electron chi connectivity index (χ0n) is 13.5. The van der Waals surface area contributed by atoms with Crippen molar-refractivity contribution in [3.63, 3.8) is 0 Å². The largest absolute Gasteiger partial charge is 0.336 e. The van der Waals surface area contributed by atoms with E-state index in [9.17, 15) is 4.79 Å². The van der Waals surface area contributed by atoms with Crippen LogP contribution < -0.4 is 5.32 Å². The molecule has 0 radical (unpaired) electrons. The Labute approximate surface area is 145 Å². The van der Waals surface area contributed by atoms with E-state index in [1.165, 1.54) is 0 Å². The van der Waals surface area contributed by atoms with E-state index in [1.54, 1.807) is 11.3 Å². The molecular weight excluding hydrogens is 318 g/mol. The first-order valence-corrected chi connectivity index (χ1v) is 9.06. The van der Waals surface area contributed by atoms with E-state index in [-0.39, 0.29) is 5.91 Å². The zero-order valence-corrected chi connectivity index (χ0v) is 14.3. The molecule has 0 spiro atoms. The molecule has 5 heteroatoms. The van der Waals surface area contributed by atoms with E-state index >= 15 is 0 Å². The Hall–Kier alpha value is -2.24. The second-order valence-electron chi connectivity index (χ2n) is 6.16. The van der Waals surface area contributed by atoms with Crippen LogP contribution in [0.3, 0.4) is 0 Å². The Morgan fingerprint density at radius 3 is 2.96 bits per heavy atom. The number of rotatable bonds is 2. The summed E-state index contributed by atoms with van der Waals surface area (Å²) in [6.07, 6.45) is 0. The van der Waals surface area contributed by atoms with Crippen LogP contribution in [0.15, 0.2) is 47.8 Å². The number of hydrogen-bond acceptors (Lipinski definition) is 4. The zero-order chi connectivity index (χ0) is 16.5. The third-order valence-corrected chi connectivity index (χ3v) is 5.27. The maximum absolute atomic E-state index is 13.2. The molecule has 1 amide bonds. The van der Waals surface area contributed by atoms with Crippen molar-refractivity contribution < 1.29 is 4.79 Å². The van der Waals surface area contributed by atoms with Gasteiger partial charge in [0.15, 0.2) is 0 Å². The molecule has 1 aromatic carbocycles. The summed E-state index contributed by atoms with van der Waals surface area (Å²) in [6, 6.07) is 14.2. The van der Waals surface area contributed by atoms with Crippen molar-refractivity contribution in [2.45, 2.75) is 13.0 Å². The van der Waals surface area contributed by atoms with E-state index in [0.29, 0.717) is 6.04 Å². The highest BCUT2D eigenvalue weighted by atomic mass is 32.1. The molecule has 4 rings (SSSR count). The predicted octanol–water partition coefficient (Wildman–Crippen LogP) is 3.40. The first-order valence-electron chi connectivity index (χ1n) is 8.19. The number of nitrogens with one attached hydrogen (secondary N) is 1. The standard InChI is InChI=1S/C19H19N3OS/c1-13-12-22(9-8-20-13)19(23)15-11-17(18-7-4-10-24-18)21-16-6-3-2-5-14(15)16/h2-7,10-11,13,20H,8-9,12H2,1H3. The van der Waals surface area contributed by atoms with Crippen LogP contribution in [-0.2, 0) is 0 Å². The van der Waals surface area contributed by atoms with Crippen molar-refractivity contribution in [1.82, 2.24) is 15.2 Å². The minimum Gasteiger partial charge on any atom is -0.336 e. The van der Waals surface area contributed by atoms with Crippen LogP contribution in [0.2, 0.25) is 0 Å². The van der Waals surface area contributed by atoms with Gasteiger partial charge in [-0.2, -0.15) is 0 Å². The van der Waals surface area contributed by atoms with Crippen LogP contribution in [0.1, 0.15) is 17.3 Å². The lowest BCUT2D eigenvalue weighted by Crippen LogP contribution is -2.51. The van der Waals surface area contributed by atoms with Gasteiger partial charge in [0.2, 0.25) is 0 Å². The lowest BCUT2D eigenvalue weighted by Gasteiger charge is -2.32. The van der Waals surface area contributed by atoms with Gasteiger partial charge in [0.1, 0.15) is 0 Å². The predicted molar refractivity (Wildman–Crippen MR) is 98.4 cm³/mol. The fourth-order valence-corrected chi connectivity index (χ4v) is 3.88. The van der Waals surface area contributed by atoms with E-state index in [0.717, 1.165) is 46.7 Å². The lowest BCUT2D eigenvalue weighted by atomic mass is 10.0. The van der Waals surface area contributed by atoms with Crippen molar-refractivity contribution in [2.24, 2.45) is 0 Å². The fraction of sp³-hybridized carbons (Fsp3) is 0.263. The van der Waals surface area contributed by atoms with Crippen LogP contribution >= 0.6 is 11.3 Å². The third-order valence-electron chi connectivity index (χ3n) is 4.38. The van der Waals surface area contributed by atoms with Crippen molar-refractivity contribution in [3.05, 3.63) is 53.4 Å². The molecule has 3 heterocycles. The summed E-state index contributed by atoms with van der Waals surface area (Å²) in [7, 11) is 0. The molecule has 0 bridgehead atoms. The normalized spacial score (nSPS) is 18.0. The number of para-hydroxylation sites is 1. The van der Waals surface area contributed by atoms with Gasteiger partial charge in [-0.05, 0) is 30.5 Å². The number of piperazine rings is 1. The maximum Gasteiger partial charge on any atom is 0.254 e. The van der Waals surface area contributed by atoms with Gasteiger partial charge in [-0.1, -0.05) is 24.3 Å². The monoisotopic (exact) mass is 337 g/mol. The Morgan fingerprint density at radius 1 is 1.29 bits per heavy atom. The molecule has 122 valence electrons. The Bertz CT molecular complexity index is 875. The van der Waals surface area contributed by atoms with Gasteiger partial charge in [0.05, 0.1) is 21.7 Å². The number of fused-ring (bicyclic) bond motifs is 1. The number of benzene rings is 1. The van der Waals surface area contributed by atoms with Crippen LogP contribution in [-0.4, -0.2) is 41.5 Å². The molecule has 1 fully saturated rings. The molecule has 1 unspecified atom stereocenters. The van der Waals surface area contributed by atoms with Gasteiger partial charge in [-0.3, -0.25) is 4.79 Å². The topological polar surface area (TPSA) is 45.2 Å². The van der Waals surface area contributed by atoms with Gasteiger partial charge < -0.3 is 10.2 Å². The second-order valence-corrected chi connectivity index (χ2v) is 7.10. The average molecular weight is 337 g/mol. The molecule has 3 aromatic rings. The average Bonchev–Trinajstić information content (AvgIpc) is 3.15. The number of thiophene rings is 1. The maximum atomic E-state index is 13.2. The Morgan fingerprint density at radius 2 is 2.17 bits per heavy atom. The van der Waals surface area contributed by atoms with Gasteiger partial charge in [-0.25, -0.2) is 4.98 Å². The highest BCUT2D eigenvalue weighted by Crippen LogP contribution is 2.28. The van der Waals surface area contributed by atoms with Crippen molar-refractivity contribution >= 4 is 28.1 Å². The van der Waals surface area contributed by atoms with E-state index in [2.05, 4.69) is 12.2 Å². The summed E-state index contributed by atoms with van der Waals surface area (Å²) in [5, 5.41) is 6.34. The summed E-state index contributed by atoms with van der Waals surface area (Å²) in [5.74, 6) is 0.0970. The molecule has 1 atom stereocenters.